The lowest BCUT2D eigenvalue weighted by molar-refractivity contribution is 0.0840. The molecule has 0 atom stereocenters. The minimum absolute atomic E-state index is 0.151. The molecule has 2 aliphatic rings. The van der Waals surface area contributed by atoms with Crippen LogP contribution in [-0.4, -0.2) is 29.5 Å². The zero-order chi connectivity index (χ0) is 21.6. The van der Waals surface area contributed by atoms with E-state index in [4.69, 9.17) is 4.74 Å². The van der Waals surface area contributed by atoms with Crippen molar-refractivity contribution >= 4 is 17.6 Å². The highest BCUT2D eigenvalue weighted by Gasteiger charge is 2.42. The van der Waals surface area contributed by atoms with Gasteiger partial charge in [-0.15, -0.1) is 0 Å². The van der Waals surface area contributed by atoms with Crippen LogP contribution in [0.25, 0.3) is 5.70 Å². The summed E-state index contributed by atoms with van der Waals surface area (Å²) < 4.78 is 6.21. The van der Waals surface area contributed by atoms with Crippen LogP contribution in [0.2, 0.25) is 0 Å². The van der Waals surface area contributed by atoms with Gasteiger partial charge in [0.2, 0.25) is 0 Å². The molecule has 2 aliphatic heterocycles. The molecule has 0 saturated heterocycles. The molecule has 30 heavy (non-hydrogen) atoms. The summed E-state index contributed by atoms with van der Waals surface area (Å²) in [6, 6.07) is 12.7. The van der Waals surface area contributed by atoms with Crippen molar-refractivity contribution in [3.05, 3.63) is 69.9 Å². The Morgan fingerprint density at radius 3 is 2.63 bits per heavy atom. The maximum absolute atomic E-state index is 13.3. The highest BCUT2D eigenvalue weighted by molar-refractivity contribution is 6.05. The highest BCUT2D eigenvalue weighted by atomic mass is 16.5. The van der Waals surface area contributed by atoms with Crippen molar-refractivity contribution in [1.82, 2.24) is 15.5 Å². The van der Waals surface area contributed by atoms with Gasteiger partial charge in [0.05, 0.1) is 29.6 Å². The van der Waals surface area contributed by atoms with E-state index in [1.807, 2.05) is 39.0 Å². The molecule has 4 rings (SSSR count). The van der Waals surface area contributed by atoms with Gasteiger partial charge in [-0.3, -0.25) is 4.79 Å². The SMILES string of the molecule is CNC(=O)NC1=C(N2Cc3ccccc3C2=O)c2c(ccc(C#N)c2C)OC1(C)C. The normalized spacial score (nSPS) is 16.4. The third-order valence-corrected chi connectivity index (χ3v) is 5.54. The van der Waals surface area contributed by atoms with Crippen LogP contribution in [0.5, 0.6) is 5.75 Å². The molecular weight excluding hydrogens is 380 g/mol. The number of nitrogens with zero attached hydrogens (tertiary/aromatic N) is 2. The van der Waals surface area contributed by atoms with Crippen LogP contribution in [0.4, 0.5) is 4.79 Å². The van der Waals surface area contributed by atoms with Crippen molar-refractivity contribution in [2.24, 2.45) is 0 Å². The van der Waals surface area contributed by atoms with Crippen molar-refractivity contribution in [3.8, 4) is 11.8 Å². The molecular formula is C23H22N4O3. The van der Waals surface area contributed by atoms with Gasteiger partial charge in [-0.2, -0.15) is 5.26 Å². The molecule has 0 unspecified atom stereocenters. The van der Waals surface area contributed by atoms with Crippen molar-refractivity contribution in [2.75, 3.05) is 7.05 Å². The lowest BCUT2D eigenvalue weighted by Gasteiger charge is -2.40. The standard InChI is InChI=1S/C23H22N4O3/c1-13-14(11-24)9-10-17-18(13)19(20(23(2,3)30-17)26-22(29)25-4)27-12-15-7-5-6-8-16(15)21(27)28/h5-10H,12H2,1-4H3,(H2,25,26,29). The van der Waals surface area contributed by atoms with Crippen LogP contribution < -0.4 is 15.4 Å². The Hall–Kier alpha value is -3.79. The van der Waals surface area contributed by atoms with E-state index in [2.05, 4.69) is 16.7 Å². The summed E-state index contributed by atoms with van der Waals surface area (Å²) in [5, 5.41) is 15.0. The monoisotopic (exact) mass is 402 g/mol. The Kier molecular flexibility index (Phi) is 4.50. The molecule has 0 bridgehead atoms. The number of nitrogens with one attached hydrogen (secondary N) is 2. The lowest BCUT2D eigenvalue weighted by atomic mass is 9.90. The van der Waals surface area contributed by atoms with Gasteiger partial charge in [0.15, 0.2) is 0 Å². The molecule has 7 nitrogen and oxygen atoms in total. The summed E-state index contributed by atoms with van der Waals surface area (Å²) in [7, 11) is 1.52. The second kappa shape index (κ2) is 6.92. The third kappa shape index (κ3) is 2.89. The fourth-order valence-electron chi connectivity index (χ4n) is 4.01. The highest BCUT2D eigenvalue weighted by Crippen LogP contribution is 2.45. The Morgan fingerprint density at radius 2 is 1.97 bits per heavy atom. The Morgan fingerprint density at radius 1 is 1.23 bits per heavy atom. The van der Waals surface area contributed by atoms with Gasteiger partial charge < -0.3 is 20.3 Å². The van der Waals surface area contributed by atoms with E-state index in [9.17, 15) is 14.9 Å². The van der Waals surface area contributed by atoms with Crippen LogP contribution in [0.15, 0.2) is 42.1 Å². The maximum Gasteiger partial charge on any atom is 0.318 e. The molecule has 2 N–H and O–H groups in total. The average molecular weight is 402 g/mol. The number of benzene rings is 2. The van der Waals surface area contributed by atoms with Crippen LogP contribution in [-0.2, 0) is 6.54 Å². The van der Waals surface area contributed by atoms with Gasteiger partial charge in [-0.25, -0.2) is 4.79 Å². The quantitative estimate of drug-likeness (QED) is 0.806. The van der Waals surface area contributed by atoms with Crippen molar-refractivity contribution in [2.45, 2.75) is 32.9 Å². The van der Waals surface area contributed by atoms with Crippen molar-refractivity contribution in [1.29, 1.82) is 5.26 Å². The number of fused-ring (bicyclic) bond motifs is 2. The first-order chi connectivity index (χ1) is 14.3. The number of carbonyl (C=O) groups is 2. The van der Waals surface area contributed by atoms with Gasteiger partial charge in [-0.1, -0.05) is 18.2 Å². The number of urea groups is 1. The fourth-order valence-corrected chi connectivity index (χ4v) is 4.01. The van der Waals surface area contributed by atoms with Gasteiger partial charge in [0.1, 0.15) is 11.4 Å². The molecule has 0 aromatic heterocycles. The number of carbonyl (C=O) groups excluding carboxylic acids is 2. The van der Waals surface area contributed by atoms with Gasteiger partial charge in [0.25, 0.3) is 5.91 Å². The number of hydrogen-bond acceptors (Lipinski definition) is 4. The second-order valence-corrected chi connectivity index (χ2v) is 7.81. The molecule has 2 heterocycles. The van der Waals surface area contributed by atoms with Gasteiger partial charge in [0, 0.05) is 18.2 Å². The van der Waals surface area contributed by atoms with Crippen molar-refractivity contribution in [3.63, 3.8) is 0 Å². The summed E-state index contributed by atoms with van der Waals surface area (Å²) in [5.41, 5.74) is 3.47. The molecule has 152 valence electrons. The van der Waals surface area contributed by atoms with Gasteiger partial charge in [-0.05, 0) is 50.1 Å². The number of rotatable bonds is 2. The number of amides is 3. The Labute approximate surface area is 174 Å². The molecule has 2 aromatic rings. The minimum Gasteiger partial charge on any atom is -0.481 e. The summed E-state index contributed by atoms with van der Waals surface area (Å²) in [5.74, 6) is 0.417. The Bertz CT molecular complexity index is 1160. The summed E-state index contributed by atoms with van der Waals surface area (Å²) >= 11 is 0. The first-order valence-electron chi connectivity index (χ1n) is 9.65. The number of ether oxygens (including phenoxy) is 1. The summed E-state index contributed by atoms with van der Waals surface area (Å²) in [6.45, 7) is 5.87. The predicted molar refractivity (Wildman–Crippen MR) is 111 cm³/mol. The van der Waals surface area contributed by atoms with E-state index in [-0.39, 0.29) is 5.91 Å². The molecule has 0 spiro atoms. The minimum atomic E-state index is -0.912. The summed E-state index contributed by atoms with van der Waals surface area (Å²) in [4.78, 5) is 27.3. The van der Waals surface area contributed by atoms with E-state index in [1.54, 1.807) is 23.1 Å². The average Bonchev–Trinajstić information content (AvgIpc) is 3.05. The van der Waals surface area contributed by atoms with Crippen LogP contribution in [0.1, 0.15) is 46.5 Å². The van der Waals surface area contributed by atoms with E-state index in [0.717, 1.165) is 5.56 Å². The van der Waals surface area contributed by atoms with Crippen LogP contribution in [0, 0.1) is 18.3 Å². The molecule has 3 amide bonds. The molecule has 0 radical (unpaired) electrons. The predicted octanol–water partition coefficient (Wildman–Crippen LogP) is 3.29. The van der Waals surface area contributed by atoms with Crippen molar-refractivity contribution < 1.29 is 14.3 Å². The third-order valence-electron chi connectivity index (χ3n) is 5.54. The molecule has 0 aliphatic carbocycles. The number of nitriles is 1. The molecule has 0 saturated carbocycles. The lowest BCUT2D eigenvalue weighted by Crippen LogP contribution is -2.48. The zero-order valence-corrected chi connectivity index (χ0v) is 17.3. The first-order valence-corrected chi connectivity index (χ1v) is 9.65. The Balaban J connectivity index is 2.00. The maximum atomic E-state index is 13.3. The van der Waals surface area contributed by atoms with E-state index in [1.165, 1.54) is 7.05 Å². The number of hydrogen-bond donors (Lipinski definition) is 2. The largest absolute Gasteiger partial charge is 0.481 e. The van der Waals surface area contributed by atoms with Crippen LogP contribution in [0.3, 0.4) is 0 Å². The van der Waals surface area contributed by atoms with E-state index in [0.29, 0.717) is 45.9 Å². The van der Waals surface area contributed by atoms with Gasteiger partial charge >= 0.3 is 6.03 Å². The molecule has 0 fully saturated rings. The van der Waals surface area contributed by atoms with E-state index < -0.39 is 11.6 Å². The first kappa shape index (κ1) is 19.5. The topological polar surface area (TPSA) is 94.5 Å². The second-order valence-electron chi connectivity index (χ2n) is 7.81. The zero-order valence-electron chi connectivity index (χ0n) is 17.3. The van der Waals surface area contributed by atoms with E-state index >= 15 is 0 Å². The van der Waals surface area contributed by atoms with Crippen LogP contribution >= 0.6 is 0 Å². The smallest absolute Gasteiger partial charge is 0.318 e. The fraction of sp³-hybridized carbons (Fsp3) is 0.261. The molecule has 7 heteroatoms. The molecule has 2 aromatic carbocycles. The summed E-state index contributed by atoms with van der Waals surface area (Å²) in [6.07, 6.45) is 0.